The minimum atomic E-state index is 0.0342. The minimum Gasteiger partial charge on any atom is -0.335 e. The lowest BCUT2D eigenvalue weighted by molar-refractivity contribution is -0.145. The summed E-state index contributed by atoms with van der Waals surface area (Å²) >= 11 is 0. The van der Waals surface area contributed by atoms with E-state index in [9.17, 15) is 9.59 Å². The Morgan fingerprint density at radius 3 is 2.56 bits per heavy atom. The Hall–Kier alpha value is -1.84. The van der Waals surface area contributed by atoms with Crippen molar-refractivity contribution in [3.63, 3.8) is 0 Å². The van der Waals surface area contributed by atoms with Gasteiger partial charge in [-0.25, -0.2) is 0 Å². The van der Waals surface area contributed by atoms with Crippen LogP contribution in [-0.2, 0) is 16.1 Å². The molecule has 0 aliphatic carbocycles. The van der Waals surface area contributed by atoms with E-state index in [0.29, 0.717) is 26.1 Å². The number of piperazine rings is 1. The highest BCUT2D eigenvalue weighted by Gasteiger charge is 2.25. The Morgan fingerprint density at radius 1 is 1.22 bits per heavy atom. The van der Waals surface area contributed by atoms with Gasteiger partial charge in [0, 0.05) is 26.1 Å². The van der Waals surface area contributed by atoms with Crippen molar-refractivity contribution < 1.29 is 9.59 Å². The van der Waals surface area contributed by atoms with E-state index in [4.69, 9.17) is 0 Å². The molecule has 18 heavy (non-hydrogen) atoms. The molecule has 0 unspecified atom stereocenters. The third-order valence-corrected chi connectivity index (χ3v) is 3.19. The smallest absolute Gasteiger partial charge is 0.242 e. The quantitative estimate of drug-likeness (QED) is 0.805. The number of hydrogen-bond acceptors (Lipinski definition) is 2. The van der Waals surface area contributed by atoms with E-state index in [1.165, 1.54) is 0 Å². The van der Waals surface area contributed by atoms with Crippen molar-refractivity contribution in [1.29, 1.82) is 0 Å². The molecule has 0 spiro atoms. The SMILES string of the molecule is CCC(=O)N1CCN(Cc2ccccc2)C(=O)C1. The zero-order valence-electron chi connectivity index (χ0n) is 10.6. The van der Waals surface area contributed by atoms with Crippen LogP contribution in [0.5, 0.6) is 0 Å². The Morgan fingerprint density at radius 2 is 1.94 bits per heavy atom. The molecule has 0 bridgehead atoms. The number of nitrogens with zero attached hydrogens (tertiary/aromatic N) is 2. The Kier molecular flexibility index (Phi) is 3.97. The molecule has 0 radical (unpaired) electrons. The predicted octanol–water partition coefficient (Wildman–Crippen LogP) is 1.27. The van der Waals surface area contributed by atoms with Crippen molar-refractivity contribution in [1.82, 2.24) is 9.80 Å². The Bertz CT molecular complexity index is 431. The zero-order chi connectivity index (χ0) is 13.0. The third kappa shape index (κ3) is 2.88. The van der Waals surface area contributed by atoms with Gasteiger partial charge in [0.1, 0.15) is 0 Å². The third-order valence-electron chi connectivity index (χ3n) is 3.19. The second kappa shape index (κ2) is 5.67. The van der Waals surface area contributed by atoms with E-state index >= 15 is 0 Å². The molecular formula is C14H18N2O2. The summed E-state index contributed by atoms with van der Waals surface area (Å²) < 4.78 is 0. The second-order valence-electron chi connectivity index (χ2n) is 4.47. The molecule has 1 saturated heterocycles. The van der Waals surface area contributed by atoms with Crippen molar-refractivity contribution in [2.24, 2.45) is 0 Å². The molecule has 1 aliphatic rings. The van der Waals surface area contributed by atoms with E-state index in [1.807, 2.05) is 42.2 Å². The summed E-state index contributed by atoms with van der Waals surface area (Å²) in [7, 11) is 0. The summed E-state index contributed by atoms with van der Waals surface area (Å²) in [6.45, 7) is 3.95. The fraction of sp³-hybridized carbons (Fsp3) is 0.429. The van der Waals surface area contributed by atoms with Crippen LogP contribution < -0.4 is 0 Å². The van der Waals surface area contributed by atoms with Crippen LogP contribution in [0.25, 0.3) is 0 Å². The molecular weight excluding hydrogens is 228 g/mol. The van der Waals surface area contributed by atoms with Gasteiger partial charge in [-0.3, -0.25) is 9.59 Å². The van der Waals surface area contributed by atoms with Gasteiger partial charge in [-0.05, 0) is 5.56 Å². The molecule has 1 aromatic carbocycles. The monoisotopic (exact) mass is 246 g/mol. The molecule has 1 heterocycles. The van der Waals surface area contributed by atoms with Crippen LogP contribution in [0, 0.1) is 0 Å². The molecule has 0 aromatic heterocycles. The molecule has 1 aliphatic heterocycles. The van der Waals surface area contributed by atoms with Gasteiger partial charge in [-0.15, -0.1) is 0 Å². The van der Waals surface area contributed by atoms with Crippen LogP contribution >= 0.6 is 0 Å². The summed E-state index contributed by atoms with van der Waals surface area (Å²) in [4.78, 5) is 27.0. The predicted molar refractivity (Wildman–Crippen MR) is 68.7 cm³/mol. The summed E-state index contributed by atoms with van der Waals surface area (Å²) in [5.74, 6) is 0.0922. The van der Waals surface area contributed by atoms with Gasteiger partial charge in [-0.1, -0.05) is 37.3 Å². The number of amides is 2. The Balaban J connectivity index is 1.94. The molecule has 96 valence electrons. The standard InChI is InChI=1S/C14H18N2O2/c1-2-13(17)16-9-8-15(14(18)11-16)10-12-6-4-3-5-7-12/h3-7H,2,8-11H2,1H3. The minimum absolute atomic E-state index is 0.0342. The highest BCUT2D eigenvalue weighted by molar-refractivity contribution is 5.85. The summed E-state index contributed by atoms with van der Waals surface area (Å²) in [6, 6.07) is 9.92. The van der Waals surface area contributed by atoms with Crippen molar-refractivity contribution in [2.75, 3.05) is 19.6 Å². The molecule has 1 aromatic rings. The van der Waals surface area contributed by atoms with Crippen LogP contribution in [0.15, 0.2) is 30.3 Å². The maximum absolute atomic E-state index is 12.0. The molecule has 0 N–H and O–H groups in total. The van der Waals surface area contributed by atoms with E-state index in [0.717, 1.165) is 5.56 Å². The maximum Gasteiger partial charge on any atom is 0.242 e. The second-order valence-corrected chi connectivity index (χ2v) is 4.47. The van der Waals surface area contributed by atoms with E-state index in [-0.39, 0.29) is 18.4 Å². The van der Waals surface area contributed by atoms with Crippen LogP contribution in [-0.4, -0.2) is 41.2 Å². The normalized spacial score (nSPS) is 15.9. The molecule has 1 fully saturated rings. The van der Waals surface area contributed by atoms with E-state index in [2.05, 4.69) is 0 Å². The molecule has 4 heteroatoms. The van der Waals surface area contributed by atoms with Gasteiger partial charge in [0.05, 0.1) is 6.54 Å². The lowest BCUT2D eigenvalue weighted by Crippen LogP contribution is -2.51. The first-order chi connectivity index (χ1) is 8.70. The average molecular weight is 246 g/mol. The highest BCUT2D eigenvalue weighted by atomic mass is 16.2. The molecule has 2 amide bonds. The fourth-order valence-corrected chi connectivity index (χ4v) is 2.12. The summed E-state index contributed by atoms with van der Waals surface area (Å²) in [6.07, 6.45) is 0.464. The van der Waals surface area contributed by atoms with Gasteiger partial charge < -0.3 is 9.80 Å². The van der Waals surface area contributed by atoms with Crippen molar-refractivity contribution in [3.8, 4) is 0 Å². The highest BCUT2D eigenvalue weighted by Crippen LogP contribution is 2.10. The van der Waals surface area contributed by atoms with Gasteiger partial charge in [0.2, 0.25) is 11.8 Å². The fourth-order valence-electron chi connectivity index (χ4n) is 2.12. The molecule has 2 rings (SSSR count). The molecule has 4 nitrogen and oxygen atoms in total. The van der Waals surface area contributed by atoms with Gasteiger partial charge in [0.25, 0.3) is 0 Å². The number of carbonyl (C=O) groups is 2. The van der Waals surface area contributed by atoms with E-state index in [1.54, 1.807) is 4.90 Å². The molecule has 0 saturated carbocycles. The van der Waals surface area contributed by atoms with Crippen LogP contribution in [0.3, 0.4) is 0 Å². The Labute approximate surface area is 107 Å². The first-order valence-electron chi connectivity index (χ1n) is 6.30. The number of benzene rings is 1. The van der Waals surface area contributed by atoms with Gasteiger partial charge >= 0.3 is 0 Å². The zero-order valence-corrected chi connectivity index (χ0v) is 10.6. The number of hydrogen-bond donors (Lipinski definition) is 0. The summed E-state index contributed by atoms with van der Waals surface area (Å²) in [5, 5.41) is 0. The lowest BCUT2D eigenvalue weighted by atomic mass is 10.2. The van der Waals surface area contributed by atoms with Crippen molar-refractivity contribution >= 4 is 11.8 Å². The number of carbonyl (C=O) groups excluding carboxylic acids is 2. The van der Waals surface area contributed by atoms with Gasteiger partial charge in [0.15, 0.2) is 0 Å². The van der Waals surface area contributed by atoms with E-state index < -0.39 is 0 Å². The lowest BCUT2D eigenvalue weighted by Gasteiger charge is -2.34. The maximum atomic E-state index is 12.0. The van der Waals surface area contributed by atoms with Crippen LogP contribution in [0.4, 0.5) is 0 Å². The topological polar surface area (TPSA) is 40.6 Å². The van der Waals surface area contributed by atoms with Crippen molar-refractivity contribution in [2.45, 2.75) is 19.9 Å². The van der Waals surface area contributed by atoms with Crippen LogP contribution in [0.2, 0.25) is 0 Å². The largest absolute Gasteiger partial charge is 0.335 e. The first-order valence-corrected chi connectivity index (χ1v) is 6.30. The van der Waals surface area contributed by atoms with Gasteiger partial charge in [-0.2, -0.15) is 0 Å². The van der Waals surface area contributed by atoms with Crippen molar-refractivity contribution in [3.05, 3.63) is 35.9 Å². The number of rotatable bonds is 3. The summed E-state index contributed by atoms with van der Waals surface area (Å²) in [5.41, 5.74) is 1.13. The first kappa shape index (κ1) is 12.6. The molecule has 0 atom stereocenters. The van der Waals surface area contributed by atoms with Crippen LogP contribution in [0.1, 0.15) is 18.9 Å². The average Bonchev–Trinajstić information content (AvgIpc) is 2.41.